The van der Waals surface area contributed by atoms with Gasteiger partial charge in [0.15, 0.2) is 0 Å². The molecule has 0 bridgehead atoms. The summed E-state index contributed by atoms with van der Waals surface area (Å²) in [5.74, 6) is 0. The molecule has 0 fully saturated rings. The predicted molar refractivity (Wildman–Crippen MR) is 207 cm³/mol. The number of aromatic nitrogens is 2. The fraction of sp³-hybridized carbons (Fsp3) is 0.200. The summed E-state index contributed by atoms with van der Waals surface area (Å²) in [5.41, 5.74) is 11.8. The van der Waals surface area contributed by atoms with Gasteiger partial charge >= 0.3 is 21.1 Å². The van der Waals surface area contributed by atoms with Gasteiger partial charge in [0.25, 0.3) is 0 Å². The van der Waals surface area contributed by atoms with Crippen molar-refractivity contribution >= 4 is 34.1 Å². The molecule has 0 saturated heterocycles. The van der Waals surface area contributed by atoms with Crippen LogP contribution in [0.25, 0.3) is 11.4 Å². The minimum absolute atomic E-state index is 0. The third kappa shape index (κ3) is 5.09. The molecule has 2 aliphatic heterocycles. The fourth-order valence-corrected chi connectivity index (χ4v) is 7.77. The molecule has 9 rings (SSSR count). The topological polar surface area (TPSA) is 38.7 Å². The Labute approximate surface area is 322 Å². The molecule has 1 aliphatic carbocycles. The SMILES string of the molecule is CC(C)(C)c1cc[c-]c(N2[CH-]N(C3(N4[CH-]N(c5[c-]ccc(C(C)(C)C)c5)c5ccccc54)c4cccnc4-c4ncccc43)c3ccccc32)c1.[Pt+4]. The first-order valence-electron chi connectivity index (χ1n) is 17.6. The number of hydrogen-bond donors (Lipinski definition) is 0. The van der Waals surface area contributed by atoms with Crippen molar-refractivity contribution in [1.82, 2.24) is 9.97 Å². The molecule has 0 unspecified atom stereocenters. The summed E-state index contributed by atoms with van der Waals surface area (Å²) in [6.45, 7) is 18.0. The predicted octanol–water partition coefficient (Wildman–Crippen LogP) is 10.4. The van der Waals surface area contributed by atoms with Crippen LogP contribution in [0.4, 0.5) is 34.1 Å². The van der Waals surface area contributed by atoms with E-state index < -0.39 is 5.66 Å². The molecule has 3 aliphatic rings. The van der Waals surface area contributed by atoms with Crippen molar-refractivity contribution in [2.45, 2.75) is 58.0 Å². The molecule has 6 aromatic rings. The molecule has 4 heterocycles. The van der Waals surface area contributed by atoms with Crippen LogP contribution < -0.4 is 19.6 Å². The van der Waals surface area contributed by atoms with Gasteiger partial charge in [-0.2, -0.15) is 47.5 Å². The van der Waals surface area contributed by atoms with Crippen molar-refractivity contribution in [3.8, 4) is 11.4 Å². The van der Waals surface area contributed by atoms with Crippen LogP contribution in [0.1, 0.15) is 63.8 Å². The Morgan fingerprint density at radius 1 is 0.538 bits per heavy atom. The van der Waals surface area contributed by atoms with E-state index in [0.717, 1.165) is 56.6 Å². The maximum atomic E-state index is 5.00. The van der Waals surface area contributed by atoms with E-state index in [2.05, 4.69) is 172 Å². The molecule has 0 radical (unpaired) electrons. The Bertz CT molecular complexity index is 2140. The smallest absolute Gasteiger partial charge is 0.494 e. The van der Waals surface area contributed by atoms with E-state index in [4.69, 9.17) is 9.97 Å². The second kappa shape index (κ2) is 12.3. The second-order valence-corrected chi connectivity index (χ2v) is 15.6. The number of rotatable bonds is 4. The van der Waals surface area contributed by atoms with Crippen molar-refractivity contribution in [3.05, 3.63) is 169 Å². The molecule has 6 nitrogen and oxygen atoms in total. The third-order valence-corrected chi connectivity index (χ3v) is 10.4. The molecule has 7 heteroatoms. The standard InChI is InChI=1S/C45H40N6.Pt/c1-43(2,3)31-15-11-17-33(27-31)48-29-50(39-23-9-7-21-37(39)48)45(35-19-13-25-46-41(35)42-36(45)20-14-26-47-42)51-30-49(38-22-8-10-24-40(38)51)34-18-12-16-32(28-34)44(4,5)6;/h7-16,19-30H,1-6H3;/q-4;+4. The summed E-state index contributed by atoms with van der Waals surface area (Å²) in [6.07, 6.45) is 3.74. The number of nitrogens with zero attached hydrogens (tertiary/aromatic N) is 6. The first-order valence-corrected chi connectivity index (χ1v) is 17.6. The Balaban J connectivity index is 0.00000387. The molecule has 4 aromatic carbocycles. The van der Waals surface area contributed by atoms with E-state index in [-0.39, 0.29) is 31.9 Å². The fourth-order valence-electron chi connectivity index (χ4n) is 7.77. The monoisotopic (exact) mass is 859 g/mol. The Morgan fingerprint density at radius 3 is 1.35 bits per heavy atom. The van der Waals surface area contributed by atoms with E-state index in [0.29, 0.717) is 0 Å². The van der Waals surface area contributed by atoms with Crippen LogP contribution in [-0.4, -0.2) is 9.97 Å². The van der Waals surface area contributed by atoms with Gasteiger partial charge in [-0.3, -0.25) is 9.97 Å². The van der Waals surface area contributed by atoms with Crippen LogP contribution >= 0.6 is 0 Å². The quantitative estimate of drug-likeness (QED) is 0.165. The maximum absolute atomic E-state index is 5.00. The van der Waals surface area contributed by atoms with Crippen LogP contribution in [-0.2, 0) is 37.6 Å². The largest absolute Gasteiger partial charge is 4.00 e. The van der Waals surface area contributed by atoms with Gasteiger partial charge in [-0.15, -0.1) is 36.8 Å². The molecule has 0 N–H and O–H groups in total. The molecule has 52 heavy (non-hydrogen) atoms. The first kappa shape index (κ1) is 34.2. The van der Waals surface area contributed by atoms with Gasteiger partial charge in [-0.25, -0.2) is 0 Å². The summed E-state index contributed by atoms with van der Waals surface area (Å²) >= 11 is 0. The van der Waals surface area contributed by atoms with Crippen LogP contribution in [0.2, 0.25) is 0 Å². The third-order valence-electron chi connectivity index (χ3n) is 10.4. The minimum Gasteiger partial charge on any atom is -0.494 e. The Kier molecular flexibility index (Phi) is 8.11. The summed E-state index contributed by atoms with van der Waals surface area (Å²) < 4.78 is 0. The average Bonchev–Trinajstić information content (AvgIpc) is 3.81. The molecular formula is C45H40N6Pt. The molecular weight excluding hydrogens is 820 g/mol. The summed E-state index contributed by atoms with van der Waals surface area (Å²) in [7, 11) is 0. The van der Waals surface area contributed by atoms with Crippen molar-refractivity contribution in [3.63, 3.8) is 0 Å². The molecule has 260 valence electrons. The van der Waals surface area contributed by atoms with Gasteiger partial charge < -0.3 is 19.6 Å². The van der Waals surface area contributed by atoms with Crippen molar-refractivity contribution in [2.75, 3.05) is 19.6 Å². The van der Waals surface area contributed by atoms with Crippen LogP contribution in [0.3, 0.4) is 0 Å². The van der Waals surface area contributed by atoms with Gasteiger partial charge in [-0.1, -0.05) is 77.9 Å². The zero-order valence-corrected chi connectivity index (χ0v) is 32.5. The number of para-hydroxylation sites is 4. The van der Waals surface area contributed by atoms with E-state index in [1.54, 1.807) is 0 Å². The van der Waals surface area contributed by atoms with Gasteiger partial charge in [0, 0.05) is 46.3 Å². The van der Waals surface area contributed by atoms with E-state index in [9.17, 15) is 0 Å². The molecule has 0 spiro atoms. The first-order chi connectivity index (χ1) is 24.6. The van der Waals surface area contributed by atoms with Crippen molar-refractivity contribution in [2.24, 2.45) is 0 Å². The molecule has 0 atom stereocenters. The summed E-state index contributed by atoms with van der Waals surface area (Å²) in [5, 5.41) is 0. The number of pyridine rings is 2. The number of fused-ring (bicyclic) bond motifs is 5. The number of benzene rings is 4. The summed E-state index contributed by atoms with van der Waals surface area (Å²) in [6, 6.07) is 45.9. The Morgan fingerprint density at radius 2 is 0.942 bits per heavy atom. The average molecular weight is 860 g/mol. The van der Waals surface area contributed by atoms with Crippen LogP contribution in [0, 0.1) is 25.5 Å². The van der Waals surface area contributed by atoms with Gasteiger partial charge in [0.2, 0.25) is 0 Å². The van der Waals surface area contributed by atoms with E-state index >= 15 is 0 Å². The van der Waals surface area contributed by atoms with Crippen molar-refractivity contribution in [1.29, 1.82) is 0 Å². The molecule has 0 amide bonds. The van der Waals surface area contributed by atoms with E-state index in [1.807, 2.05) is 36.7 Å². The van der Waals surface area contributed by atoms with Gasteiger partial charge in [0.05, 0.1) is 11.4 Å². The van der Waals surface area contributed by atoms with Gasteiger partial charge in [-0.05, 0) is 47.2 Å². The van der Waals surface area contributed by atoms with Crippen LogP contribution in [0.5, 0.6) is 0 Å². The summed E-state index contributed by atoms with van der Waals surface area (Å²) in [4.78, 5) is 19.4. The second-order valence-electron chi connectivity index (χ2n) is 15.6. The minimum atomic E-state index is -0.897. The molecule has 2 aromatic heterocycles. The van der Waals surface area contributed by atoms with E-state index in [1.165, 1.54) is 11.1 Å². The number of anilines is 6. The zero-order valence-electron chi connectivity index (χ0n) is 30.2. The van der Waals surface area contributed by atoms with Gasteiger partial charge in [0.1, 0.15) is 5.66 Å². The van der Waals surface area contributed by atoms with Crippen molar-refractivity contribution < 1.29 is 21.1 Å². The Hall–Kier alpha value is -4.93. The van der Waals surface area contributed by atoms with Crippen LogP contribution in [0.15, 0.2) is 122 Å². The normalized spacial score (nSPS) is 15.6. The molecule has 0 saturated carbocycles. The zero-order chi connectivity index (χ0) is 35.1. The number of hydrogen-bond acceptors (Lipinski definition) is 6. The maximum Gasteiger partial charge on any atom is 4.00 e.